The lowest BCUT2D eigenvalue weighted by molar-refractivity contribution is -0.122. The number of ether oxygens (including phenoxy) is 1. The maximum Gasteiger partial charge on any atom is 0.265 e. The third-order valence-electron chi connectivity index (χ3n) is 5.06. The Labute approximate surface area is 170 Å². The van der Waals surface area contributed by atoms with E-state index >= 15 is 0 Å². The molecule has 7 heteroatoms. The van der Waals surface area contributed by atoms with Crippen molar-refractivity contribution in [3.8, 4) is 5.75 Å². The molecule has 2 amide bonds. The van der Waals surface area contributed by atoms with Gasteiger partial charge in [0.15, 0.2) is 6.10 Å². The molecule has 0 saturated heterocycles. The second-order valence-electron chi connectivity index (χ2n) is 7.20. The lowest BCUT2D eigenvalue weighted by Crippen LogP contribution is -2.38. The number of para-hydroxylation sites is 1. The average Bonchev–Trinajstić information content (AvgIpc) is 3.44. The molecule has 1 heterocycles. The predicted molar refractivity (Wildman–Crippen MR) is 110 cm³/mol. The fourth-order valence-corrected chi connectivity index (χ4v) is 3.29. The number of halogens is 1. The van der Waals surface area contributed by atoms with Gasteiger partial charge in [-0.2, -0.15) is 0 Å². The van der Waals surface area contributed by atoms with Gasteiger partial charge in [-0.05, 0) is 48.6 Å². The lowest BCUT2D eigenvalue weighted by atomic mass is 10.1. The second-order valence-corrected chi connectivity index (χ2v) is 7.20. The van der Waals surface area contributed by atoms with Crippen molar-refractivity contribution in [3.05, 3.63) is 59.7 Å². The second kappa shape index (κ2) is 8.63. The normalized spacial score (nSPS) is 18.2. The summed E-state index contributed by atoms with van der Waals surface area (Å²) in [5, 5.41) is 5.70. The van der Waals surface area contributed by atoms with Crippen molar-refractivity contribution in [2.45, 2.75) is 31.4 Å². The number of rotatable bonds is 6. The van der Waals surface area contributed by atoms with E-state index in [9.17, 15) is 9.59 Å². The van der Waals surface area contributed by atoms with Gasteiger partial charge in [-0.3, -0.25) is 9.59 Å². The van der Waals surface area contributed by atoms with Crippen LogP contribution in [0.4, 0.5) is 5.69 Å². The van der Waals surface area contributed by atoms with Crippen LogP contribution >= 0.6 is 12.4 Å². The maximum atomic E-state index is 12.5. The van der Waals surface area contributed by atoms with Gasteiger partial charge in [0, 0.05) is 30.3 Å². The first-order valence-corrected chi connectivity index (χ1v) is 9.29. The van der Waals surface area contributed by atoms with Gasteiger partial charge in [0.2, 0.25) is 0 Å². The quantitative estimate of drug-likeness (QED) is 0.693. The fraction of sp³-hybridized carbons (Fsp3) is 0.333. The van der Waals surface area contributed by atoms with E-state index in [0.29, 0.717) is 30.1 Å². The van der Waals surface area contributed by atoms with Gasteiger partial charge in [0.1, 0.15) is 5.75 Å². The molecule has 0 bridgehead atoms. The SMILES string of the molecule is Cl.NC(CNC(=O)c1cccc(NC(=O)C2Cc3ccccc3O2)c1)C1CC1. The minimum Gasteiger partial charge on any atom is -0.480 e. The molecule has 148 valence electrons. The van der Waals surface area contributed by atoms with Gasteiger partial charge in [-0.1, -0.05) is 24.3 Å². The number of benzene rings is 2. The van der Waals surface area contributed by atoms with Crippen LogP contribution in [0.15, 0.2) is 48.5 Å². The topological polar surface area (TPSA) is 93.5 Å². The van der Waals surface area contributed by atoms with E-state index in [1.54, 1.807) is 24.3 Å². The van der Waals surface area contributed by atoms with Crippen molar-refractivity contribution in [3.63, 3.8) is 0 Å². The zero-order valence-corrected chi connectivity index (χ0v) is 16.2. The highest BCUT2D eigenvalue weighted by molar-refractivity contribution is 5.98. The van der Waals surface area contributed by atoms with E-state index in [1.807, 2.05) is 24.3 Å². The van der Waals surface area contributed by atoms with E-state index < -0.39 is 6.10 Å². The molecule has 2 aromatic carbocycles. The molecule has 2 aliphatic rings. The molecule has 0 spiro atoms. The van der Waals surface area contributed by atoms with Gasteiger partial charge < -0.3 is 21.1 Å². The average molecular weight is 402 g/mol. The molecule has 6 nitrogen and oxygen atoms in total. The van der Waals surface area contributed by atoms with Crippen LogP contribution in [0.25, 0.3) is 0 Å². The smallest absolute Gasteiger partial charge is 0.265 e. The Morgan fingerprint density at radius 3 is 2.68 bits per heavy atom. The van der Waals surface area contributed by atoms with Gasteiger partial charge in [0.25, 0.3) is 11.8 Å². The number of nitrogens with two attached hydrogens (primary N) is 1. The zero-order valence-electron chi connectivity index (χ0n) is 15.4. The van der Waals surface area contributed by atoms with Gasteiger partial charge in [-0.25, -0.2) is 0 Å². The molecule has 0 radical (unpaired) electrons. The maximum absolute atomic E-state index is 12.5. The van der Waals surface area contributed by atoms with Crippen molar-refractivity contribution in [1.29, 1.82) is 0 Å². The number of carbonyl (C=O) groups excluding carboxylic acids is 2. The molecule has 4 N–H and O–H groups in total. The molecule has 1 aliphatic heterocycles. The van der Waals surface area contributed by atoms with Crippen LogP contribution in [-0.2, 0) is 11.2 Å². The summed E-state index contributed by atoms with van der Waals surface area (Å²) in [7, 11) is 0. The number of nitrogens with one attached hydrogen (secondary N) is 2. The third kappa shape index (κ3) is 4.64. The molecule has 2 aromatic rings. The molecule has 1 fully saturated rings. The number of fused-ring (bicyclic) bond motifs is 1. The number of amides is 2. The van der Waals surface area contributed by atoms with Crippen molar-refractivity contribution >= 4 is 29.9 Å². The Kier molecular flexibility index (Phi) is 6.21. The summed E-state index contributed by atoms with van der Waals surface area (Å²) in [4.78, 5) is 24.8. The first-order chi connectivity index (χ1) is 13.1. The monoisotopic (exact) mass is 401 g/mol. The molecular weight excluding hydrogens is 378 g/mol. The molecule has 4 rings (SSSR count). The molecule has 28 heavy (non-hydrogen) atoms. The summed E-state index contributed by atoms with van der Waals surface area (Å²) >= 11 is 0. The van der Waals surface area contributed by atoms with Gasteiger partial charge in [-0.15, -0.1) is 12.4 Å². The molecular formula is C21H24ClN3O3. The van der Waals surface area contributed by atoms with Crippen LogP contribution in [0, 0.1) is 5.92 Å². The van der Waals surface area contributed by atoms with Crippen LogP contribution in [-0.4, -0.2) is 30.5 Å². The Morgan fingerprint density at radius 1 is 1.14 bits per heavy atom. The van der Waals surface area contributed by atoms with E-state index in [1.165, 1.54) is 0 Å². The Hall–Kier alpha value is -2.57. The van der Waals surface area contributed by atoms with Crippen LogP contribution in [0.3, 0.4) is 0 Å². The van der Waals surface area contributed by atoms with Gasteiger partial charge >= 0.3 is 0 Å². The standard InChI is InChI=1S/C21H23N3O3.ClH/c22-17(13-8-9-13)12-23-20(25)15-5-3-6-16(10-15)24-21(26)19-11-14-4-1-2-7-18(14)27-19;/h1-7,10,13,17,19H,8-9,11-12,22H2,(H,23,25)(H,24,26);1H. The zero-order chi connectivity index (χ0) is 18.8. The van der Waals surface area contributed by atoms with E-state index in [-0.39, 0.29) is 30.3 Å². The van der Waals surface area contributed by atoms with Crippen molar-refractivity contribution in [2.24, 2.45) is 11.7 Å². The molecule has 2 unspecified atom stereocenters. The van der Waals surface area contributed by atoms with E-state index in [4.69, 9.17) is 10.5 Å². The summed E-state index contributed by atoms with van der Waals surface area (Å²) in [6, 6.07) is 14.5. The van der Waals surface area contributed by atoms with E-state index in [0.717, 1.165) is 24.2 Å². The highest BCUT2D eigenvalue weighted by Crippen LogP contribution is 2.31. The van der Waals surface area contributed by atoms with Crippen LogP contribution < -0.4 is 21.1 Å². The largest absolute Gasteiger partial charge is 0.480 e. The van der Waals surface area contributed by atoms with Crippen LogP contribution in [0.2, 0.25) is 0 Å². The highest BCUT2D eigenvalue weighted by atomic mass is 35.5. The van der Waals surface area contributed by atoms with Crippen molar-refractivity contribution in [1.82, 2.24) is 5.32 Å². The van der Waals surface area contributed by atoms with Crippen molar-refractivity contribution < 1.29 is 14.3 Å². The van der Waals surface area contributed by atoms with Crippen LogP contribution in [0.5, 0.6) is 5.75 Å². The molecule has 1 aliphatic carbocycles. The third-order valence-corrected chi connectivity index (χ3v) is 5.06. The first kappa shape index (κ1) is 20.2. The first-order valence-electron chi connectivity index (χ1n) is 9.29. The molecule has 2 atom stereocenters. The fourth-order valence-electron chi connectivity index (χ4n) is 3.29. The number of carbonyl (C=O) groups is 2. The Balaban J connectivity index is 0.00000225. The summed E-state index contributed by atoms with van der Waals surface area (Å²) in [6.45, 7) is 0.467. The molecule has 0 aromatic heterocycles. The highest BCUT2D eigenvalue weighted by Gasteiger charge is 2.29. The minimum atomic E-state index is -0.559. The predicted octanol–water partition coefficient (Wildman–Crippen LogP) is 2.52. The number of hydrogen-bond donors (Lipinski definition) is 3. The summed E-state index contributed by atoms with van der Waals surface area (Å²) in [5.41, 5.74) is 8.11. The lowest BCUT2D eigenvalue weighted by Gasteiger charge is -2.13. The number of anilines is 1. The number of hydrogen-bond acceptors (Lipinski definition) is 4. The van der Waals surface area contributed by atoms with Crippen molar-refractivity contribution in [2.75, 3.05) is 11.9 Å². The van der Waals surface area contributed by atoms with E-state index in [2.05, 4.69) is 10.6 Å². The molecule has 1 saturated carbocycles. The van der Waals surface area contributed by atoms with Crippen LogP contribution in [0.1, 0.15) is 28.8 Å². The summed E-state index contributed by atoms with van der Waals surface area (Å²) in [6.07, 6.45) is 2.27. The van der Waals surface area contributed by atoms with Gasteiger partial charge in [0.05, 0.1) is 0 Å². The summed E-state index contributed by atoms with van der Waals surface area (Å²) in [5.74, 6) is 0.871. The Morgan fingerprint density at radius 2 is 1.93 bits per heavy atom. The minimum absolute atomic E-state index is 0. The summed E-state index contributed by atoms with van der Waals surface area (Å²) < 4.78 is 5.71. The Bertz CT molecular complexity index is 844.